The van der Waals surface area contributed by atoms with Gasteiger partial charge >= 0.3 is 0 Å². The van der Waals surface area contributed by atoms with Crippen molar-refractivity contribution in [2.75, 3.05) is 5.32 Å². The van der Waals surface area contributed by atoms with Gasteiger partial charge in [-0.1, -0.05) is 51.1 Å². The zero-order chi connectivity index (χ0) is 22.7. The van der Waals surface area contributed by atoms with Gasteiger partial charge in [0.25, 0.3) is 5.91 Å². The van der Waals surface area contributed by atoms with Gasteiger partial charge in [-0.2, -0.15) is 5.26 Å². The number of hydrogen-bond acceptors (Lipinski definition) is 3. The number of nitrogens with zero attached hydrogens (tertiary/aromatic N) is 1. The first kappa shape index (κ1) is 25.5. The van der Waals surface area contributed by atoms with Gasteiger partial charge in [0.2, 0.25) is 0 Å². The largest absolute Gasteiger partial charge is 0.322 e. The molecule has 0 spiro atoms. The summed E-state index contributed by atoms with van der Waals surface area (Å²) in [6.07, 6.45) is 8.24. The van der Waals surface area contributed by atoms with E-state index in [1.807, 2.05) is 38.1 Å². The van der Waals surface area contributed by atoms with E-state index in [0.29, 0.717) is 11.5 Å². The lowest BCUT2D eigenvalue weighted by molar-refractivity contribution is -0.113. The van der Waals surface area contributed by atoms with Crippen LogP contribution in [0.5, 0.6) is 0 Å². The molecule has 1 unspecified atom stereocenters. The van der Waals surface area contributed by atoms with E-state index in [2.05, 4.69) is 45.0 Å². The Kier molecular flexibility index (Phi) is 11.0. The quantitative estimate of drug-likeness (QED) is 0.281. The molecule has 1 aliphatic carbocycles. The van der Waals surface area contributed by atoms with Crippen molar-refractivity contribution in [1.29, 1.82) is 5.26 Å². The van der Waals surface area contributed by atoms with Crippen molar-refractivity contribution in [2.45, 2.75) is 64.7 Å². The molecule has 0 fully saturated rings. The highest BCUT2D eigenvalue weighted by Crippen LogP contribution is 2.34. The van der Waals surface area contributed by atoms with Crippen molar-refractivity contribution in [3.05, 3.63) is 71.4 Å². The second-order valence-corrected chi connectivity index (χ2v) is 8.28. The van der Waals surface area contributed by atoms with Gasteiger partial charge in [0.15, 0.2) is 0 Å². The fourth-order valence-corrected chi connectivity index (χ4v) is 3.60. The zero-order valence-electron chi connectivity index (χ0n) is 18.7. The standard InChI is InChI=1S/C23H26N2OS.C3H8.H2/c1-5-18(10-15(2)14-24)12-19-7-9-21(17(4)11-19)23(26)25-20-8-6-16(3)22(27)13-20;1-3-2;/h5-6,8,10,13,19,27H,1-2,7,9,11-12H2,3-4H3,(H,25,26);3H2,1-2H3;1H/b18-10+;;. The van der Waals surface area contributed by atoms with Crippen LogP contribution < -0.4 is 5.32 Å². The van der Waals surface area contributed by atoms with Crippen molar-refractivity contribution >= 4 is 24.2 Å². The molecule has 3 nitrogen and oxygen atoms in total. The summed E-state index contributed by atoms with van der Waals surface area (Å²) in [5.41, 5.74) is 5.31. The number of hydrogen-bond donors (Lipinski definition) is 2. The normalized spacial score (nSPS) is 16.1. The number of rotatable bonds is 6. The maximum Gasteiger partial charge on any atom is 0.251 e. The Bertz CT molecular complexity index is 893. The Hall–Kier alpha value is -2.51. The van der Waals surface area contributed by atoms with Crippen molar-refractivity contribution in [2.24, 2.45) is 5.92 Å². The van der Waals surface area contributed by atoms with E-state index in [4.69, 9.17) is 5.26 Å². The Labute approximate surface area is 189 Å². The third-order valence-corrected chi connectivity index (χ3v) is 5.43. The molecule has 0 aliphatic heterocycles. The number of carbonyl (C=O) groups is 1. The molecule has 0 aromatic heterocycles. The minimum absolute atomic E-state index is 0. The van der Waals surface area contributed by atoms with Gasteiger partial charge in [-0.05, 0) is 74.8 Å². The number of nitrogens with one attached hydrogen (secondary N) is 1. The zero-order valence-corrected chi connectivity index (χ0v) is 19.6. The topological polar surface area (TPSA) is 52.9 Å². The van der Waals surface area contributed by atoms with Gasteiger partial charge in [0.05, 0.1) is 6.07 Å². The van der Waals surface area contributed by atoms with E-state index in [-0.39, 0.29) is 7.33 Å². The summed E-state index contributed by atoms with van der Waals surface area (Å²) < 4.78 is 0. The molecule has 0 bridgehead atoms. The van der Waals surface area contributed by atoms with E-state index in [0.717, 1.165) is 58.5 Å². The molecule has 1 amide bonds. The van der Waals surface area contributed by atoms with E-state index in [1.54, 1.807) is 12.2 Å². The van der Waals surface area contributed by atoms with Crippen LogP contribution in [0.25, 0.3) is 0 Å². The Morgan fingerprint density at radius 2 is 2.07 bits per heavy atom. The molecule has 30 heavy (non-hydrogen) atoms. The SMILES string of the molecule is C=C/C(=C\C(=C)C#N)CC1CCC(C(=O)Nc2ccc(C)c(S)c2)=C(C)C1.CCC.[HH]. The second kappa shape index (κ2) is 12.9. The molecule has 2 rings (SSSR count). The Morgan fingerprint density at radius 1 is 1.40 bits per heavy atom. The first-order valence-electron chi connectivity index (χ1n) is 10.5. The van der Waals surface area contributed by atoms with Crippen LogP contribution in [0.4, 0.5) is 5.69 Å². The molecule has 1 aromatic rings. The molecule has 1 atom stereocenters. The smallest absolute Gasteiger partial charge is 0.251 e. The van der Waals surface area contributed by atoms with Crippen LogP contribution in [0.15, 0.2) is 70.7 Å². The second-order valence-electron chi connectivity index (χ2n) is 7.79. The molecule has 1 aromatic carbocycles. The maximum absolute atomic E-state index is 12.7. The monoisotopic (exact) mass is 424 g/mol. The first-order valence-corrected chi connectivity index (χ1v) is 10.9. The van der Waals surface area contributed by atoms with E-state index in [1.165, 1.54) is 6.42 Å². The summed E-state index contributed by atoms with van der Waals surface area (Å²) in [4.78, 5) is 13.5. The van der Waals surface area contributed by atoms with Crippen LogP contribution in [0.2, 0.25) is 0 Å². The van der Waals surface area contributed by atoms with Gasteiger partial charge in [-0.15, -0.1) is 12.6 Å². The van der Waals surface area contributed by atoms with Gasteiger partial charge in [-0.25, -0.2) is 0 Å². The summed E-state index contributed by atoms with van der Waals surface area (Å²) >= 11 is 4.42. The molecule has 1 aliphatic rings. The van der Waals surface area contributed by atoms with Crippen molar-refractivity contribution in [3.8, 4) is 6.07 Å². The van der Waals surface area contributed by atoms with Crippen LogP contribution in [0, 0.1) is 24.2 Å². The van der Waals surface area contributed by atoms with E-state index < -0.39 is 0 Å². The van der Waals surface area contributed by atoms with Crippen LogP contribution in [0.1, 0.15) is 59.9 Å². The number of carbonyl (C=O) groups excluding carboxylic acids is 1. The van der Waals surface area contributed by atoms with Crippen LogP contribution in [-0.2, 0) is 4.79 Å². The molecule has 0 heterocycles. The maximum atomic E-state index is 12.7. The summed E-state index contributed by atoms with van der Waals surface area (Å²) in [5, 5.41) is 11.9. The van der Waals surface area contributed by atoms with Crippen molar-refractivity contribution in [3.63, 3.8) is 0 Å². The third-order valence-electron chi connectivity index (χ3n) is 4.94. The molecule has 162 valence electrons. The number of nitriles is 1. The Balaban J connectivity index is 0.00000212. The minimum atomic E-state index is -0.0279. The van der Waals surface area contributed by atoms with E-state index in [9.17, 15) is 4.79 Å². The molecule has 0 saturated heterocycles. The predicted molar refractivity (Wildman–Crippen MR) is 133 cm³/mol. The summed E-state index contributed by atoms with van der Waals surface area (Å²) in [5.74, 6) is 0.417. The third kappa shape index (κ3) is 8.08. The number of benzene rings is 1. The van der Waals surface area contributed by atoms with Gasteiger partial charge in [-0.3, -0.25) is 4.79 Å². The Morgan fingerprint density at radius 3 is 2.60 bits per heavy atom. The molecular weight excluding hydrogens is 388 g/mol. The highest BCUT2D eigenvalue weighted by atomic mass is 32.1. The van der Waals surface area contributed by atoms with Gasteiger partial charge in [0, 0.05) is 23.2 Å². The number of allylic oxidation sites excluding steroid dienone is 5. The van der Waals surface area contributed by atoms with Crippen molar-refractivity contribution < 1.29 is 6.22 Å². The van der Waals surface area contributed by atoms with Gasteiger partial charge in [0.1, 0.15) is 0 Å². The van der Waals surface area contributed by atoms with E-state index >= 15 is 0 Å². The lowest BCUT2D eigenvalue weighted by Crippen LogP contribution is -2.20. The lowest BCUT2D eigenvalue weighted by atomic mass is 9.80. The highest BCUT2D eigenvalue weighted by Gasteiger charge is 2.23. The molecule has 0 saturated carbocycles. The molecule has 1 N–H and O–H groups in total. The first-order chi connectivity index (χ1) is 14.2. The molecule has 4 heteroatoms. The highest BCUT2D eigenvalue weighted by molar-refractivity contribution is 7.80. The lowest BCUT2D eigenvalue weighted by Gasteiger charge is -2.25. The fourth-order valence-electron chi connectivity index (χ4n) is 3.39. The van der Waals surface area contributed by atoms with Gasteiger partial charge < -0.3 is 5.32 Å². The average molecular weight is 425 g/mol. The van der Waals surface area contributed by atoms with Crippen LogP contribution in [-0.4, -0.2) is 5.91 Å². The van der Waals surface area contributed by atoms with Crippen molar-refractivity contribution in [1.82, 2.24) is 0 Å². The molecular formula is C26H36N2OS. The van der Waals surface area contributed by atoms with Crippen LogP contribution in [0.3, 0.4) is 0 Å². The predicted octanol–water partition coefficient (Wildman–Crippen LogP) is 7.58. The molecule has 0 radical (unpaired) electrons. The summed E-state index contributed by atoms with van der Waals surface area (Å²) in [6, 6.07) is 7.77. The number of thiol groups is 1. The average Bonchev–Trinajstić information content (AvgIpc) is 2.70. The number of anilines is 1. The minimum Gasteiger partial charge on any atom is -0.322 e. The number of amides is 1. The summed E-state index contributed by atoms with van der Waals surface area (Å²) in [7, 11) is 0. The number of aryl methyl sites for hydroxylation is 1. The summed E-state index contributed by atoms with van der Waals surface area (Å²) in [6.45, 7) is 15.8. The van der Waals surface area contributed by atoms with Crippen LogP contribution >= 0.6 is 12.6 Å². The fraction of sp³-hybridized carbons (Fsp3) is 0.385.